The van der Waals surface area contributed by atoms with E-state index in [9.17, 15) is 8.42 Å². The van der Waals surface area contributed by atoms with E-state index in [-0.39, 0.29) is 5.75 Å². The summed E-state index contributed by atoms with van der Waals surface area (Å²) in [6, 6.07) is 0.450. The third-order valence-electron chi connectivity index (χ3n) is 3.21. The van der Waals surface area contributed by atoms with Gasteiger partial charge in [-0.15, -0.1) is 0 Å². The molecule has 0 unspecified atom stereocenters. The second kappa shape index (κ2) is 7.84. The van der Waals surface area contributed by atoms with Gasteiger partial charge in [0.1, 0.15) is 11.6 Å². The largest absolute Gasteiger partial charge is 0.314 e. The zero-order valence-electron chi connectivity index (χ0n) is 13.7. The maximum atomic E-state index is 11.4. The van der Waals surface area contributed by atoms with E-state index in [1.165, 1.54) is 11.8 Å². The zero-order valence-corrected chi connectivity index (χ0v) is 14.5. The van der Waals surface area contributed by atoms with Gasteiger partial charge < -0.3 is 5.32 Å². The summed E-state index contributed by atoms with van der Waals surface area (Å²) in [6.45, 7) is 9.21. The molecule has 21 heavy (non-hydrogen) atoms. The smallest absolute Gasteiger partial charge is 0.154 e. The minimum absolute atomic E-state index is 0.0858. The maximum absolute atomic E-state index is 11.4. The molecule has 1 aromatic heterocycles. The lowest BCUT2D eigenvalue weighted by molar-refractivity contribution is 0.585. The normalized spacial score (nSPS) is 12.1. The number of nitrogens with one attached hydrogen (secondary N) is 1. The Morgan fingerprint density at radius 3 is 2.00 bits per heavy atom. The van der Waals surface area contributed by atoms with E-state index in [1.54, 1.807) is 0 Å². The van der Waals surface area contributed by atoms with E-state index in [0.717, 1.165) is 37.2 Å². The molecular weight excluding hydrogens is 286 g/mol. The lowest BCUT2D eigenvalue weighted by atomic mass is 10.0. The van der Waals surface area contributed by atoms with Crippen molar-refractivity contribution in [1.29, 1.82) is 0 Å². The maximum Gasteiger partial charge on any atom is 0.154 e. The summed E-state index contributed by atoms with van der Waals surface area (Å²) in [4.78, 5) is 8.93. The Morgan fingerprint density at radius 1 is 1.10 bits per heavy atom. The highest BCUT2D eigenvalue weighted by molar-refractivity contribution is 7.89. The van der Waals surface area contributed by atoms with Gasteiger partial charge in [-0.25, -0.2) is 18.4 Å². The van der Waals surface area contributed by atoms with Gasteiger partial charge in [0, 0.05) is 23.7 Å². The fourth-order valence-corrected chi connectivity index (χ4v) is 2.89. The van der Waals surface area contributed by atoms with Crippen molar-refractivity contribution in [3.8, 4) is 0 Å². The molecule has 0 spiro atoms. The average molecular weight is 313 g/mol. The minimum atomic E-state index is -3.11. The first-order chi connectivity index (χ1) is 9.76. The Kier molecular flexibility index (Phi) is 6.74. The summed E-state index contributed by atoms with van der Waals surface area (Å²) >= 11 is 0. The Morgan fingerprint density at radius 2 is 1.62 bits per heavy atom. The van der Waals surface area contributed by atoms with Crippen LogP contribution in [-0.4, -0.2) is 37.2 Å². The fourth-order valence-electron chi connectivity index (χ4n) is 2.30. The number of rotatable bonds is 8. The minimum Gasteiger partial charge on any atom is -0.314 e. The van der Waals surface area contributed by atoms with Crippen LogP contribution >= 0.6 is 0 Å². The highest BCUT2D eigenvalue weighted by atomic mass is 32.2. The molecule has 0 bridgehead atoms. The van der Waals surface area contributed by atoms with Crippen molar-refractivity contribution in [2.45, 2.75) is 58.8 Å². The van der Waals surface area contributed by atoms with Crippen LogP contribution in [0.25, 0.3) is 0 Å². The summed E-state index contributed by atoms with van der Waals surface area (Å²) < 4.78 is 22.9. The first kappa shape index (κ1) is 18.0. The quantitative estimate of drug-likeness (QED) is 0.790. The number of nitrogens with zero attached hydrogens (tertiary/aromatic N) is 2. The van der Waals surface area contributed by atoms with Gasteiger partial charge in [0.25, 0.3) is 0 Å². The van der Waals surface area contributed by atoms with Crippen LogP contribution in [0.2, 0.25) is 0 Å². The molecule has 1 rings (SSSR count). The molecule has 0 atom stereocenters. The summed E-state index contributed by atoms with van der Waals surface area (Å²) in [5, 5.41) is 3.40. The molecule has 1 heterocycles. The summed E-state index contributed by atoms with van der Waals surface area (Å²) in [5.41, 5.74) is 3.13. The summed E-state index contributed by atoms with van der Waals surface area (Å²) in [5.74, 6) is 0.337. The summed E-state index contributed by atoms with van der Waals surface area (Å²) in [7, 11) is -3.11. The van der Waals surface area contributed by atoms with Crippen LogP contribution in [0.1, 0.15) is 50.5 Å². The fraction of sp³-hybridized carbons (Fsp3) is 0.733. The Balaban J connectivity index is 3.06. The van der Waals surface area contributed by atoms with Gasteiger partial charge >= 0.3 is 0 Å². The van der Waals surface area contributed by atoms with Crippen molar-refractivity contribution in [2.24, 2.45) is 0 Å². The van der Waals surface area contributed by atoms with Gasteiger partial charge in [-0.3, -0.25) is 0 Å². The first-order valence-corrected chi connectivity index (χ1v) is 9.61. The molecule has 0 saturated carbocycles. The van der Waals surface area contributed by atoms with Crippen LogP contribution < -0.4 is 5.32 Å². The molecular formula is C15H27N3O2S. The third kappa shape index (κ3) is 6.09. The predicted octanol–water partition coefficient (Wildman–Crippen LogP) is 1.69. The lowest BCUT2D eigenvalue weighted by Gasteiger charge is -2.15. The topological polar surface area (TPSA) is 72.0 Å². The molecule has 6 heteroatoms. The van der Waals surface area contributed by atoms with Crippen LogP contribution in [0, 0.1) is 0 Å². The standard InChI is InChI=1S/C15H27N3O2S/c1-6-13-12(8-9-16-11(3)4)14(7-2)18-15(17-13)10-21(5,19)20/h11,16H,6-10H2,1-5H3. The molecule has 1 N–H and O–H groups in total. The Hall–Kier alpha value is -1.01. The monoisotopic (exact) mass is 313 g/mol. The molecule has 0 fully saturated rings. The predicted molar refractivity (Wildman–Crippen MR) is 86.2 cm³/mol. The average Bonchev–Trinajstić information content (AvgIpc) is 2.37. The van der Waals surface area contributed by atoms with Crippen LogP contribution in [0.15, 0.2) is 0 Å². The number of aromatic nitrogens is 2. The molecule has 0 saturated heterocycles. The zero-order chi connectivity index (χ0) is 16.0. The van der Waals surface area contributed by atoms with Crippen LogP contribution in [-0.2, 0) is 34.9 Å². The second-order valence-electron chi connectivity index (χ2n) is 5.65. The van der Waals surface area contributed by atoms with Gasteiger partial charge in [0.2, 0.25) is 0 Å². The molecule has 0 aliphatic rings. The highest BCUT2D eigenvalue weighted by Gasteiger charge is 2.15. The molecule has 0 aliphatic carbocycles. The Bertz CT molecular complexity index is 543. The van der Waals surface area contributed by atoms with Crippen LogP contribution in [0.3, 0.4) is 0 Å². The van der Waals surface area contributed by atoms with Crippen LogP contribution in [0.5, 0.6) is 0 Å². The highest BCUT2D eigenvalue weighted by Crippen LogP contribution is 2.15. The van der Waals surface area contributed by atoms with Crippen molar-refractivity contribution in [3.63, 3.8) is 0 Å². The van der Waals surface area contributed by atoms with Gasteiger partial charge in [-0.1, -0.05) is 27.7 Å². The number of hydrogen-bond acceptors (Lipinski definition) is 5. The number of sulfone groups is 1. The SMILES string of the molecule is CCc1nc(CS(C)(=O)=O)nc(CC)c1CCNC(C)C. The second-order valence-corrected chi connectivity index (χ2v) is 7.79. The third-order valence-corrected chi connectivity index (χ3v) is 4.00. The molecule has 120 valence electrons. The van der Waals surface area contributed by atoms with E-state index in [1.807, 2.05) is 13.8 Å². The van der Waals surface area contributed by atoms with E-state index in [2.05, 4.69) is 29.1 Å². The number of aryl methyl sites for hydroxylation is 2. The lowest BCUT2D eigenvalue weighted by Crippen LogP contribution is -2.26. The van der Waals surface area contributed by atoms with Gasteiger partial charge in [-0.2, -0.15) is 0 Å². The van der Waals surface area contributed by atoms with Gasteiger partial charge in [0.15, 0.2) is 9.84 Å². The van der Waals surface area contributed by atoms with Crippen molar-refractivity contribution < 1.29 is 8.42 Å². The van der Waals surface area contributed by atoms with Gasteiger partial charge in [0.05, 0.1) is 0 Å². The molecule has 0 amide bonds. The first-order valence-electron chi connectivity index (χ1n) is 7.55. The molecule has 0 aliphatic heterocycles. The van der Waals surface area contributed by atoms with E-state index in [4.69, 9.17) is 0 Å². The van der Waals surface area contributed by atoms with E-state index < -0.39 is 9.84 Å². The molecule has 5 nitrogen and oxygen atoms in total. The Labute approximate surface area is 128 Å². The van der Waals surface area contributed by atoms with Gasteiger partial charge in [-0.05, 0) is 31.4 Å². The molecule has 0 aromatic carbocycles. The van der Waals surface area contributed by atoms with Crippen LogP contribution in [0.4, 0.5) is 0 Å². The molecule has 1 aromatic rings. The van der Waals surface area contributed by atoms with Crippen molar-refractivity contribution >= 4 is 9.84 Å². The van der Waals surface area contributed by atoms with Crippen molar-refractivity contribution in [1.82, 2.24) is 15.3 Å². The van der Waals surface area contributed by atoms with E-state index >= 15 is 0 Å². The van der Waals surface area contributed by atoms with Crippen molar-refractivity contribution in [3.05, 3.63) is 22.8 Å². The van der Waals surface area contributed by atoms with E-state index in [0.29, 0.717) is 11.9 Å². The molecule has 0 radical (unpaired) electrons. The van der Waals surface area contributed by atoms with Crippen molar-refractivity contribution in [2.75, 3.05) is 12.8 Å². The summed E-state index contributed by atoms with van der Waals surface area (Å²) in [6.07, 6.45) is 3.68. The number of hydrogen-bond donors (Lipinski definition) is 1.